The first-order valence-electron chi connectivity index (χ1n) is 4.87. The van der Waals surface area contributed by atoms with Crippen LogP contribution in [-0.2, 0) is 0 Å². The second-order valence-electron chi connectivity index (χ2n) is 4.02. The normalized spacial score (nSPS) is 11.3. The van der Waals surface area contributed by atoms with E-state index in [2.05, 4.69) is 15.3 Å². The predicted molar refractivity (Wildman–Crippen MR) is 61.1 cm³/mol. The number of likely N-dealkylation sites (N-methyl/N-ethyl adjacent to an activating group) is 1. The summed E-state index contributed by atoms with van der Waals surface area (Å²) in [6.45, 7) is 3.98. The van der Waals surface area contributed by atoms with Crippen LogP contribution in [0.3, 0.4) is 0 Å². The van der Waals surface area contributed by atoms with Gasteiger partial charge in [-0.05, 0) is 19.9 Å². The number of rotatable bonds is 4. The molecule has 0 radical (unpaired) electrons. The zero-order chi connectivity index (χ0) is 11.5. The summed E-state index contributed by atoms with van der Waals surface area (Å²) in [6.07, 6.45) is 1.69. The Morgan fingerprint density at radius 2 is 2.20 bits per heavy atom. The fourth-order valence-corrected chi connectivity index (χ4v) is 1.07. The average molecular weight is 210 g/mol. The van der Waals surface area contributed by atoms with E-state index in [1.54, 1.807) is 13.2 Å². The second-order valence-corrected chi connectivity index (χ2v) is 4.02. The molecule has 0 bridgehead atoms. The molecule has 0 aliphatic carbocycles. The van der Waals surface area contributed by atoms with Crippen LogP contribution < -0.4 is 10.2 Å². The number of hydrogen-bond acceptors (Lipinski definition) is 5. The SMILES string of the molecule is CNc1nccc(N(C)C(C)(C)CO)n1. The van der Waals surface area contributed by atoms with Crippen LogP contribution in [0.25, 0.3) is 0 Å². The highest BCUT2D eigenvalue weighted by molar-refractivity contribution is 5.43. The van der Waals surface area contributed by atoms with Gasteiger partial charge >= 0.3 is 0 Å². The molecule has 1 aromatic heterocycles. The minimum Gasteiger partial charge on any atom is -0.394 e. The van der Waals surface area contributed by atoms with E-state index in [9.17, 15) is 5.11 Å². The zero-order valence-electron chi connectivity index (χ0n) is 9.65. The van der Waals surface area contributed by atoms with Crippen LogP contribution in [0.5, 0.6) is 0 Å². The number of aliphatic hydroxyl groups excluding tert-OH is 1. The molecule has 0 atom stereocenters. The molecule has 84 valence electrons. The van der Waals surface area contributed by atoms with Gasteiger partial charge in [-0.3, -0.25) is 0 Å². The number of anilines is 2. The Labute approximate surface area is 90.2 Å². The highest BCUT2D eigenvalue weighted by atomic mass is 16.3. The molecule has 0 aromatic carbocycles. The third-order valence-corrected chi connectivity index (χ3v) is 2.50. The molecule has 1 aromatic rings. The summed E-state index contributed by atoms with van der Waals surface area (Å²) in [7, 11) is 3.67. The number of hydrogen-bond donors (Lipinski definition) is 2. The van der Waals surface area contributed by atoms with Crippen LogP contribution in [0.4, 0.5) is 11.8 Å². The van der Waals surface area contributed by atoms with Crippen molar-refractivity contribution >= 4 is 11.8 Å². The lowest BCUT2D eigenvalue weighted by atomic mass is 10.1. The minimum atomic E-state index is -0.334. The van der Waals surface area contributed by atoms with Gasteiger partial charge in [0.05, 0.1) is 12.1 Å². The molecule has 15 heavy (non-hydrogen) atoms. The van der Waals surface area contributed by atoms with Crippen molar-refractivity contribution in [3.8, 4) is 0 Å². The van der Waals surface area contributed by atoms with Gasteiger partial charge in [0.15, 0.2) is 0 Å². The fraction of sp³-hybridized carbons (Fsp3) is 0.600. The van der Waals surface area contributed by atoms with E-state index in [4.69, 9.17) is 0 Å². The summed E-state index contributed by atoms with van der Waals surface area (Å²) in [5, 5.41) is 12.1. The molecule has 5 nitrogen and oxygen atoms in total. The summed E-state index contributed by atoms with van der Waals surface area (Å²) in [4.78, 5) is 10.3. The van der Waals surface area contributed by atoms with Gasteiger partial charge in [-0.2, -0.15) is 4.98 Å². The van der Waals surface area contributed by atoms with Crippen LogP contribution in [0.1, 0.15) is 13.8 Å². The van der Waals surface area contributed by atoms with Gasteiger partial charge in [-0.15, -0.1) is 0 Å². The van der Waals surface area contributed by atoms with Crippen molar-refractivity contribution in [1.82, 2.24) is 9.97 Å². The van der Waals surface area contributed by atoms with Gasteiger partial charge in [0, 0.05) is 20.3 Å². The van der Waals surface area contributed by atoms with E-state index >= 15 is 0 Å². The lowest BCUT2D eigenvalue weighted by molar-refractivity contribution is 0.215. The fourth-order valence-electron chi connectivity index (χ4n) is 1.07. The molecule has 0 fully saturated rings. The van der Waals surface area contributed by atoms with Gasteiger partial charge in [-0.1, -0.05) is 0 Å². The predicted octanol–water partition coefficient (Wildman–Crippen LogP) is 0.725. The standard InChI is InChI=1S/C10H18N4O/c1-10(2,7-15)14(4)8-5-6-12-9(11-3)13-8/h5-6,15H,7H2,1-4H3,(H,11,12,13). The average Bonchev–Trinajstić information content (AvgIpc) is 2.28. The highest BCUT2D eigenvalue weighted by Gasteiger charge is 2.23. The van der Waals surface area contributed by atoms with Gasteiger partial charge in [0.2, 0.25) is 5.95 Å². The second kappa shape index (κ2) is 4.44. The van der Waals surface area contributed by atoms with Crippen molar-refractivity contribution in [2.45, 2.75) is 19.4 Å². The molecule has 1 heterocycles. The summed E-state index contributed by atoms with van der Waals surface area (Å²) < 4.78 is 0. The van der Waals surface area contributed by atoms with Gasteiger partial charge < -0.3 is 15.3 Å². The minimum absolute atomic E-state index is 0.0718. The number of aromatic nitrogens is 2. The van der Waals surface area contributed by atoms with Crippen molar-refractivity contribution in [3.05, 3.63) is 12.3 Å². The third-order valence-electron chi connectivity index (χ3n) is 2.50. The Balaban J connectivity index is 2.95. The number of nitrogens with one attached hydrogen (secondary N) is 1. The van der Waals surface area contributed by atoms with E-state index < -0.39 is 0 Å². The molecule has 5 heteroatoms. The molecular weight excluding hydrogens is 192 g/mol. The quantitative estimate of drug-likeness (QED) is 0.767. The molecule has 0 saturated heterocycles. The molecule has 0 aliphatic rings. The Morgan fingerprint density at radius 1 is 1.53 bits per heavy atom. The first-order chi connectivity index (χ1) is 7.01. The topological polar surface area (TPSA) is 61.3 Å². The van der Waals surface area contributed by atoms with Crippen molar-refractivity contribution in [2.24, 2.45) is 0 Å². The number of aliphatic hydroxyl groups is 1. The van der Waals surface area contributed by atoms with E-state index in [1.165, 1.54) is 0 Å². The van der Waals surface area contributed by atoms with Gasteiger partial charge in [0.25, 0.3) is 0 Å². The first-order valence-corrected chi connectivity index (χ1v) is 4.87. The van der Waals surface area contributed by atoms with Crippen LogP contribution in [0.15, 0.2) is 12.3 Å². The maximum Gasteiger partial charge on any atom is 0.224 e. The third kappa shape index (κ3) is 2.56. The Bertz CT molecular complexity index is 327. The Morgan fingerprint density at radius 3 is 2.73 bits per heavy atom. The van der Waals surface area contributed by atoms with E-state index in [0.717, 1.165) is 5.82 Å². The van der Waals surface area contributed by atoms with Crippen LogP contribution in [0.2, 0.25) is 0 Å². The van der Waals surface area contributed by atoms with Gasteiger partial charge in [0.1, 0.15) is 5.82 Å². The molecule has 0 aliphatic heterocycles. The van der Waals surface area contributed by atoms with E-state index in [-0.39, 0.29) is 12.1 Å². The van der Waals surface area contributed by atoms with Crippen LogP contribution in [-0.4, -0.2) is 41.3 Å². The lowest BCUT2D eigenvalue weighted by Gasteiger charge is -2.34. The summed E-state index contributed by atoms with van der Waals surface area (Å²) in [5.74, 6) is 1.36. The Hall–Kier alpha value is -1.36. The number of nitrogens with zero attached hydrogens (tertiary/aromatic N) is 3. The largest absolute Gasteiger partial charge is 0.394 e. The molecular formula is C10H18N4O. The van der Waals surface area contributed by atoms with E-state index in [1.807, 2.05) is 31.9 Å². The summed E-state index contributed by atoms with van der Waals surface area (Å²) in [5.41, 5.74) is -0.334. The molecule has 1 rings (SSSR count). The molecule has 0 unspecified atom stereocenters. The van der Waals surface area contributed by atoms with Crippen molar-refractivity contribution in [1.29, 1.82) is 0 Å². The molecule has 0 saturated carbocycles. The molecule has 2 N–H and O–H groups in total. The van der Waals surface area contributed by atoms with Crippen LogP contribution in [0, 0.1) is 0 Å². The highest BCUT2D eigenvalue weighted by Crippen LogP contribution is 2.19. The monoisotopic (exact) mass is 210 g/mol. The first kappa shape index (κ1) is 11.7. The van der Waals surface area contributed by atoms with Crippen molar-refractivity contribution < 1.29 is 5.11 Å². The maximum atomic E-state index is 9.25. The summed E-state index contributed by atoms with van der Waals surface area (Å²) >= 11 is 0. The molecule has 0 amide bonds. The summed E-state index contributed by atoms with van der Waals surface area (Å²) in [6, 6.07) is 1.82. The smallest absolute Gasteiger partial charge is 0.224 e. The van der Waals surface area contributed by atoms with Gasteiger partial charge in [-0.25, -0.2) is 4.98 Å². The maximum absolute atomic E-state index is 9.25. The van der Waals surface area contributed by atoms with E-state index in [0.29, 0.717) is 5.95 Å². The van der Waals surface area contributed by atoms with Crippen molar-refractivity contribution in [3.63, 3.8) is 0 Å². The zero-order valence-corrected chi connectivity index (χ0v) is 9.65. The lowest BCUT2D eigenvalue weighted by Crippen LogP contribution is -2.44. The molecule has 0 spiro atoms. The Kier molecular flexibility index (Phi) is 3.47. The van der Waals surface area contributed by atoms with Crippen molar-refractivity contribution in [2.75, 3.05) is 30.9 Å². The van der Waals surface area contributed by atoms with Crippen LogP contribution >= 0.6 is 0 Å².